The molecule has 7 heteroatoms. The monoisotopic (exact) mass is 935 g/mol. The van der Waals surface area contributed by atoms with E-state index < -0.39 is 18.3 Å². The molecule has 0 aromatic heterocycles. The second kappa shape index (κ2) is 57.8. The Balaban J connectivity index is 4.18. The number of amides is 2. The van der Waals surface area contributed by atoms with Crippen molar-refractivity contribution in [1.82, 2.24) is 10.6 Å². The Labute approximate surface area is 413 Å². The largest absolute Gasteiger partial charge is 0.446 e. The Morgan fingerprint density at radius 1 is 0.303 bits per heavy atom. The lowest BCUT2D eigenvalue weighted by molar-refractivity contribution is -0.0124. The number of ether oxygens (including phenoxy) is 3. The first-order valence-electron chi connectivity index (χ1n) is 30.1. The molecule has 7 nitrogen and oxygen atoms in total. The number of carbonyl (C=O) groups excluding carboxylic acids is 2. The maximum Gasteiger partial charge on any atom is 0.407 e. The lowest BCUT2D eigenvalue weighted by Gasteiger charge is -2.19. The summed E-state index contributed by atoms with van der Waals surface area (Å²) in [5.74, 6) is 0. The third-order valence-electron chi connectivity index (χ3n) is 13.7. The number of nitrogens with one attached hydrogen (secondary N) is 2. The summed E-state index contributed by atoms with van der Waals surface area (Å²) in [6.07, 6.45) is 62.4. The summed E-state index contributed by atoms with van der Waals surface area (Å²) in [5, 5.41) is 5.82. The lowest BCUT2D eigenvalue weighted by atomic mass is 10.0. The minimum absolute atomic E-state index is 0.00375. The van der Waals surface area contributed by atoms with Gasteiger partial charge in [0.05, 0.1) is 6.61 Å². The molecule has 0 aliphatic rings. The summed E-state index contributed by atoms with van der Waals surface area (Å²) in [5.41, 5.74) is 0. The van der Waals surface area contributed by atoms with E-state index in [0.717, 1.165) is 38.5 Å². The van der Waals surface area contributed by atoms with Gasteiger partial charge in [-0.2, -0.15) is 0 Å². The summed E-state index contributed by atoms with van der Waals surface area (Å²) in [6.45, 7) is 8.93. The Morgan fingerprint density at radius 3 is 0.833 bits per heavy atom. The third kappa shape index (κ3) is 55.1. The van der Waals surface area contributed by atoms with Crippen LogP contribution in [0.2, 0.25) is 0 Å². The highest BCUT2D eigenvalue weighted by atomic mass is 16.6. The van der Waals surface area contributed by atoms with E-state index in [9.17, 15) is 9.59 Å². The van der Waals surface area contributed by atoms with Gasteiger partial charge in [0.2, 0.25) is 0 Å². The van der Waals surface area contributed by atoms with Crippen LogP contribution in [0.25, 0.3) is 0 Å². The van der Waals surface area contributed by atoms with Crippen molar-refractivity contribution in [3.8, 4) is 0 Å². The molecule has 0 aromatic rings. The zero-order chi connectivity index (χ0) is 47.7. The average Bonchev–Trinajstić information content (AvgIpc) is 3.32. The fourth-order valence-electron chi connectivity index (χ4n) is 9.22. The molecule has 0 radical (unpaired) electrons. The van der Waals surface area contributed by atoms with Crippen molar-refractivity contribution in [1.29, 1.82) is 0 Å². The van der Waals surface area contributed by atoms with Crippen molar-refractivity contribution < 1.29 is 23.8 Å². The van der Waals surface area contributed by atoms with Gasteiger partial charge in [0.1, 0.15) is 6.61 Å². The van der Waals surface area contributed by atoms with E-state index in [1.807, 2.05) is 0 Å². The molecule has 0 rings (SSSR count). The number of hydrogen-bond donors (Lipinski definition) is 2. The van der Waals surface area contributed by atoms with Crippen LogP contribution in [0.3, 0.4) is 0 Å². The summed E-state index contributed by atoms with van der Waals surface area (Å²) >= 11 is 0. The smallest absolute Gasteiger partial charge is 0.407 e. The molecule has 66 heavy (non-hydrogen) atoms. The highest BCUT2D eigenvalue weighted by molar-refractivity contribution is 5.68. The second-order valence-electron chi connectivity index (χ2n) is 20.5. The van der Waals surface area contributed by atoms with Crippen LogP contribution in [-0.2, 0) is 14.2 Å². The number of unbranched alkanes of at least 4 members (excludes halogenated alkanes) is 45. The van der Waals surface area contributed by atoms with Crippen LogP contribution >= 0.6 is 0 Å². The number of rotatable bonds is 56. The quantitative estimate of drug-likeness (QED) is 0.0594. The molecule has 0 bridgehead atoms. The SMILES string of the molecule is CCCCCCCCCCCCCCCCCCNC(=O)OCC(COCCCCCCCCCCCCCCCCCC)OC(=O)NCCCCCCCCCCCCCCCCCC. The number of carbonyl (C=O) groups is 2. The molecule has 2 N–H and O–H groups in total. The predicted molar refractivity (Wildman–Crippen MR) is 287 cm³/mol. The van der Waals surface area contributed by atoms with E-state index in [2.05, 4.69) is 31.4 Å². The van der Waals surface area contributed by atoms with E-state index in [4.69, 9.17) is 14.2 Å². The van der Waals surface area contributed by atoms with Gasteiger partial charge >= 0.3 is 12.2 Å². The average molecular weight is 936 g/mol. The molecule has 394 valence electrons. The van der Waals surface area contributed by atoms with Crippen LogP contribution in [0, 0.1) is 0 Å². The molecule has 1 atom stereocenters. The Bertz CT molecular complexity index is 934. The van der Waals surface area contributed by atoms with E-state index in [1.165, 1.54) is 270 Å². The first-order chi connectivity index (χ1) is 32.6. The maximum absolute atomic E-state index is 12.8. The van der Waals surface area contributed by atoms with Crippen molar-refractivity contribution in [3.63, 3.8) is 0 Å². The molecule has 0 spiro atoms. The van der Waals surface area contributed by atoms with Gasteiger partial charge in [0.15, 0.2) is 6.10 Å². The molecule has 0 aliphatic heterocycles. The van der Waals surface area contributed by atoms with Crippen molar-refractivity contribution in [2.45, 2.75) is 335 Å². The van der Waals surface area contributed by atoms with Gasteiger partial charge in [0, 0.05) is 19.7 Å². The summed E-state index contributed by atoms with van der Waals surface area (Å²) in [4.78, 5) is 25.3. The molecule has 0 aromatic carbocycles. The van der Waals surface area contributed by atoms with Crippen molar-refractivity contribution in [3.05, 3.63) is 0 Å². The molecule has 0 saturated heterocycles. The van der Waals surface area contributed by atoms with E-state index in [-0.39, 0.29) is 13.2 Å². The normalized spacial score (nSPS) is 11.9. The summed E-state index contributed by atoms with van der Waals surface area (Å²) in [6, 6.07) is 0. The van der Waals surface area contributed by atoms with Gasteiger partial charge < -0.3 is 24.8 Å². The first kappa shape index (κ1) is 64.5. The van der Waals surface area contributed by atoms with Gasteiger partial charge in [0.25, 0.3) is 0 Å². The molecule has 0 aliphatic carbocycles. The minimum Gasteiger partial charge on any atom is -0.446 e. The Morgan fingerprint density at radius 2 is 0.545 bits per heavy atom. The summed E-state index contributed by atoms with van der Waals surface area (Å²) < 4.78 is 17.2. The van der Waals surface area contributed by atoms with Crippen LogP contribution in [0.15, 0.2) is 0 Å². The molecule has 2 amide bonds. The Hall–Kier alpha value is -1.50. The number of hydrogen-bond acceptors (Lipinski definition) is 5. The highest BCUT2D eigenvalue weighted by Crippen LogP contribution is 2.17. The van der Waals surface area contributed by atoms with Gasteiger partial charge in [-0.3, -0.25) is 0 Å². The fourth-order valence-corrected chi connectivity index (χ4v) is 9.22. The van der Waals surface area contributed by atoms with Gasteiger partial charge in [-0.1, -0.05) is 310 Å². The van der Waals surface area contributed by atoms with Gasteiger partial charge in [-0.15, -0.1) is 0 Å². The lowest BCUT2D eigenvalue weighted by Crippen LogP contribution is -2.36. The topological polar surface area (TPSA) is 85.9 Å². The van der Waals surface area contributed by atoms with Crippen molar-refractivity contribution in [2.75, 3.05) is 32.9 Å². The standard InChI is InChI=1S/C59H118N2O5/c1-4-7-10-13-16-19-22-25-28-31-34-37-40-43-46-49-52-60-58(62)65-56-57(55-64-54-51-48-45-42-39-36-33-30-27-24-21-18-15-12-9-6-3)66-59(63)61-53-50-47-44-41-38-35-32-29-26-23-20-17-14-11-8-5-2/h57H,4-56H2,1-3H3,(H,60,62)(H,61,63). The van der Waals surface area contributed by atoms with Gasteiger partial charge in [-0.25, -0.2) is 9.59 Å². The van der Waals surface area contributed by atoms with Crippen LogP contribution in [-0.4, -0.2) is 51.2 Å². The highest BCUT2D eigenvalue weighted by Gasteiger charge is 2.17. The number of alkyl carbamates (subject to hydrolysis) is 2. The third-order valence-corrected chi connectivity index (χ3v) is 13.7. The zero-order valence-electron chi connectivity index (χ0n) is 45.1. The Kier molecular flexibility index (Phi) is 56.5. The molecule has 1 unspecified atom stereocenters. The van der Waals surface area contributed by atoms with E-state index in [1.54, 1.807) is 0 Å². The van der Waals surface area contributed by atoms with Crippen LogP contribution in [0.5, 0.6) is 0 Å². The van der Waals surface area contributed by atoms with Crippen LogP contribution in [0.4, 0.5) is 9.59 Å². The first-order valence-corrected chi connectivity index (χ1v) is 30.1. The zero-order valence-corrected chi connectivity index (χ0v) is 45.1. The minimum atomic E-state index is -0.627. The molecule has 0 fully saturated rings. The van der Waals surface area contributed by atoms with Crippen LogP contribution < -0.4 is 10.6 Å². The summed E-state index contributed by atoms with van der Waals surface area (Å²) in [7, 11) is 0. The van der Waals surface area contributed by atoms with E-state index in [0.29, 0.717) is 19.7 Å². The van der Waals surface area contributed by atoms with E-state index >= 15 is 0 Å². The maximum atomic E-state index is 12.8. The fraction of sp³-hybridized carbons (Fsp3) is 0.966. The molecular weight excluding hydrogens is 817 g/mol. The second-order valence-corrected chi connectivity index (χ2v) is 20.5. The molecule has 0 saturated carbocycles. The van der Waals surface area contributed by atoms with Gasteiger partial charge in [-0.05, 0) is 19.3 Å². The van der Waals surface area contributed by atoms with Crippen LogP contribution in [0.1, 0.15) is 329 Å². The predicted octanol–water partition coefficient (Wildman–Crippen LogP) is 19.6. The molecular formula is C59H118N2O5. The van der Waals surface area contributed by atoms with Crippen molar-refractivity contribution >= 4 is 12.2 Å². The molecule has 0 heterocycles. The van der Waals surface area contributed by atoms with Crippen molar-refractivity contribution in [2.24, 2.45) is 0 Å².